The second-order valence-electron chi connectivity index (χ2n) is 5.92. The molecule has 132 valence electrons. The Morgan fingerprint density at radius 3 is 2.88 bits per heavy atom. The van der Waals surface area contributed by atoms with Crippen LogP contribution in [0.3, 0.4) is 0 Å². The van der Waals surface area contributed by atoms with Crippen LogP contribution in [0.5, 0.6) is 5.75 Å². The molecule has 0 saturated carbocycles. The molecule has 1 aliphatic heterocycles. The zero-order chi connectivity index (χ0) is 17.5. The third-order valence-electron chi connectivity index (χ3n) is 3.87. The van der Waals surface area contributed by atoms with Crippen molar-refractivity contribution in [2.45, 2.75) is 19.1 Å². The minimum Gasteiger partial charge on any atom is -0.489 e. The summed E-state index contributed by atoms with van der Waals surface area (Å²) in [7, 11) is 0. The Balaban J connectivity index is 1.51. The lowest BCUT2D eigenvalue weighted by molar-refractivity contribution is -0.117. The predicted octanol–water partition coefficient (Wildman–Crippen LogP) is 2.72. The third kappa shape index (κ3) is 5.55. The lowest BCUT2D eigenvalue weighted by Crippen LogP contribution is -2.43. The molecule has 1 fully saturated rings. The van der Waals surface area contributed by atoms with Gasteiger partial charge in [0, 0.05) is 30.8 Å². The maximum Gasteiger partial charge on any atom is 0.226 e. The van der Waals surface area contributed by atoms with Crippen LogP contribution < -0.4 is 15.4 Å². The fraction of sp³-hybridized carbons (Fsp3) is 0.316. The highest BCUT2D eigenvalue weighted by molar-refractivity contribution is 5.91. The average Bonchev–Trinajstić information content (AvgIpc) is 2.62. The van der Waals surface area contributed by atoms with Crippen LogP contribution in [0.25, 0.3) is 0 Å². The van der Waals surface area contributed by atoms with E-state index in [1.54, 1.807) is 18.2 Å². The van der Waals surface area contributed by atoms with Gasteiger partial charge < -0.3 is 20.1 Å². The Labute approximate surface area is 146 Å². The van der Waals surface area contributed by atoms with Crippen molar-refractivity contribution in [1.29, 1.82) is 0 Å². The molecule has 0 aromatic heterocycles. The van der Waals surface area contributed by atoms with Crippen LogP contribution in [0, 0.1) is 5.82 Å². The van der Waals surface area contributed by atoms with Crippen LogP contribution in [0.15, 0.2) is 48.5 Å². The van der Waals surface area contributed by atoms with Crippen LogP contribution in [0.2, 0.25) is 0 Å². The second kappa shape index (κ2) is 8.60. The maximum atomic E-state index is 12.9. The van der Waals surface area contributed by atoms with Crippen LogP contribution in [-0.2, 0) is 16.1 Å². The SMILES string of the molecule is O=C(CC1COCCN1)Nc1cccc(OCc2ccc(F)cc2)c1. The molecular weight excluding hydrogens is 323 g/mol. The summed E-state index contributed by atoms with van der Waals surface area (Å²) < 4.78 is 23.9. The summed E-state index contributed by atoms with van der Waals surface area (Å²) in [6.45, 7) is 2.34. The topological polar surface area (TPSA) is 59.6 Å². The molecule has 0 radical (unpaired) electrons. The van der Waals surface area contributed by atoms with Crippen LogP contribution >= 0.6 is 0 Å². The van der Waals surface area contributed by atoms with E-state index in [2.05, 4.69) is 10.6 Å². The molecule has 2 aromatic rings. The molecule has 5 nitrogen and oxygen atoms in total. The number of hydrogen-bond acceptors (Lipinski definition) is 4. The number of ether oxygens (including phenoxy) is 2. The number of benzene rings is 2. The summed E-state index contributed by atoms with van der Waals surface area (Å²) in [4.78, 5) is 12.1. The predicted molar refractivity (Wildman–Crippen MR) is 93.0 cm³/mol. The minimum atomic E-state index is -0.272. The Kier molecular flexibility index (Phi) is 5.98. The molecule has 3 rings (SSSR count). The van der Waals surface area contributed by atoms with Gasteiger partial charge in [-0.25, -0.2) is 4.39 Å². The average molecular weight is 344 g/mol. The Bertz CT molecular complexity index is 700. The summed E-state index contributed by atoms with van der Waals surface area (Å²) in [5.74, 6) is 0.297. The van der Waals surface area contributed by atoms with Crippen molar-refractivity contribution in [3.05, 3.63) is 59.9 Å². The van der Waals surface area contributed by atoms with E-state index >= 15 is 0 Å². The third-order valence-corrected chi connectivity index (χ3v) is 3.87. The van der Waals surface area contributed by atoms with Crippen molar-refractivity contribution < 1.29 is 18.7 Å². The molecule has 1 atom stereocenters. The van der Waals surface area contributed by atoms with Gasteiger partial charge in [-0.05, 0) is 29.8 Å². The van der Waals surface area contributed by atoms with E-state index in [-0.39, 0.29) is 17.8 Å². The highest BCUT2D eigenvalue weighted by atomic mass is 19.1. The van der Waals surface area contributed by atoms with Gasteiger partial charge >= 0.3 is 0 Å². The van der Waals surface area contributed by atoms with E-state index in [0.717, 1.165) is 12.1 Å². The van der Waals surface area contributed by atoms with Gasteiger partial charge in [0.05, 0.1) is 13.2 Å². The molecule has 0 spiro atoms. The molecule has 2 N–H and O–H groups in total. The molecule has 1 unspecified atom stereocenters. The number of hydrogen-bond donors (Lipinski definition) is 2. The number of carbonyl (C=O) groups is 1. The zero-order valence-electron chi connectivity index (χ0n) is 13.8. The molecule has 0 bridgehead atoms. The highest BCUT2D eigenvalue weighted by Gasteiger charge is 2.16. The molecule has 0 aliphatic carbocycles. The van der Waals surface area contributed by atoms with Crippen molar-refractivity contribution in [2.75, 3.05) is 25.1 Å². The molecule has 2 aromatic carbocycles. The normalized spacial score (nSPS) is 17.1. The number of rotatable bonds is 6. The van der Waals surface area contributed by atoms with Crippen molar-refractivity contribution >= 4 is 11.6 Å². The number of morpholine rings is 1. The molecule has 1 heterocycles. The maximum absolute atomic E-state index is 12.9. The van der Waals surface area contributed by atoms with Crippen LogP contribution in [0.1, 0.15) is 12.0 Å². The van der Waals surface area contributed by atoms with Gasteiger partial charge in [-0.1, -0.05) is 18.2 Å². The fourth-order valence-corrected chi connectivity index (χ4v) is 2.60. The molecule has 1 saturated heterocycles. The zero-order valence-corrected chi connectivity index (χ0v) is 13.8. The van der Waals surface area contributed by atoms with Crippen LogP contribution in [-0.4, -0.2) is 31.7 Å². The number of amides is 1. The van der Waals surface area contributed by atoms with Gasteiger partial charge in [-0.2, -0.15) is 0 Å². The van der Waals surface area contributed by atoms with E-state index in [0.29, 0.717) is 37.7 Å². The fourth-order valence-electron chi connectivity index (χ4n) is 2.60. The summed E-state index contributed by atoms with van der Waals surface area (Å²) >= 11 is 0. The quantitative estimate of drug-likeness (QED) is 0.846. The number of nitrogens with one attached hydrogen (secondary N) is 2. The molecule has 1 aliphatic rings. The first kappa shape index (κ1) is 17.4. The minimum absolute atomic E-state index is 0.0478. The summed E-state index contributed by atoms with van der Waals surface area (Å²) in [5, 5.41) is 6.12. The number of halogens is 1. The van der Waals surface area contributed by atoms with Gasteiger partial charge in [0.1, 0.15) is 18.2 Å². The van der Waals surface area contributed by atoms with E-state index in [4.69, 9.17) is 9.47 Å². The molecule has 25 heavy (non-hydrogen) atoms. The molecule has 1 amide bonds. The first-order chi connectivity index (χ1) is 12.2. The van der Waals surface area contributed by atoms with Gasteiger partial charge in [0.25, 0.3) is 0 Å². The number of anilines is 1. The van der Waals surface area contributed by atoms with E-state index < -0.39 is 0 Å². The molecule has 6 heteroatoms. The lowest BCUT2D eigenvalue weighted by atomic mass is 10.2. The summed E-state index contributed by atoms with van der Waals surface area (Å²) in [5.41, 5.74) is 1.55. The van der Waals surface area contributed by atoms with Gasteiger partial charge in [-0.3, -0.25) is 4.79 Å². The van der Waals surface area contributed by atoms with E-state index in [1.165, 1.54) is 12.1 Å². The van der Waals surface area contributed by atoms with Crippen LogP contribution in [0.4, 0.5) is 10.1 Å². The Morgan fingerprint density at radius 2 is 2.12 bits per heavy atom. The first-order valence-corrected chi connectivity index (χ1v) is 8.27. The highest BCUT2D eigenvalue weighted by Crippen LogP contribution is 2.19. The Morgan fingerprint density at radius 1 is 1.28 bits per heavy atom. The van der Waals surface area contributed by atoms with Gasteiger partial charge in [0.2, 0.25) is 5.91 Å². The number of carbonyl (C=O) groups excluding carboxylic acids is 1. The first-order valence-electron chi connectivity index (χ1n) is 8.27. The van der Waals surface area contributed by atoms with Crippen molar-refractivity contribution in [3.8, 4) is 5.75 Å². The van der Waals surface area contributed by atoms with E-state index in [9.17, 15) is 9.18 Å². The summed E-state index contributed by atoms with van der Waals surface area (Å²) in [6, 6.07) is 13.4. The van der Waals surface area contributed by atoms with Crippen molar-refractivity contribution in [1.82, 2.24) is 5.32 Å². The Hall–Kier alpha value is -2.44. The second-order valence-corrected chi connectivity index (χ2v) is 5.92. The van der Waals surface area contributed by atoms with Crippen molar-refractivity contribution in [3.63, 3.8) is 0 Å². The lowest BCUT2D eigenvalue weighted by Gasteiger charge is -2.23. The van der Waals surface area contributed by atoms with Gasteiger partial charge in [0.15, 0.2) is 0 Å². The van der Waals surface area contributed by atoms with Gasteiger partial charge in [-0.15, -0.1) is 0 Å². The largest absolute Gasteiger partial charge is 0.489 e. The monoisotopic (exact) mass is 344 g/mol. The summed E-state index contributed by atoms with van der Waals surface area (Å²) in [6.07, 6.45) is 0.362. The standard InChI is InChI=1S/C19H21FN2O3/c20-15-6-4-14(5-7-15)12-25-18-3-1-2-16(10-18)22-19(23)11-17-13-24-9-8-21-17/h1-7,10,17,21H,8-9,11-13H2,(H,22,23). The molecular formula is C19H21FN2O3. The smallest absolute Gasteiger partial charge is 0.226 e. The van der Waals surface area contributed by atoms with E-state index in [1.807, 2.05) is 18.2 Å². The van der Waals surface area contributed by atoms with Crippen molar-refractivity contribution in [2.24, 2.45) is 0 Å².